The number of hydrogen-bond acceptors (Lipinski definition) is 9. The third kappa shape index (κ3) is 3.48. The summed E-state index contributed by atoms with van der Waals surface area (Å²) in [6.45, 7) is 1.36. The number of amides is 1. The number of piperidine rings is 1. The Bertz CT molecular complexity index is 1170. The molecule has 0 bridgehead atoms. The number of rotatable bonds is 4. The number of benzene rings is 1. The van der Waals surface area contributed by atoms with Crippen LogP contribution in [0.1, 0.15) is 12.8 Å². The summed E-state index contributed by atoms with van der Waals surface area (Å²) in [5.74, 6) is 0.518. The van der Waals surface area contributed by atoms with Crippen molar-refractivity contribution in [3.05, 3.63) is 24.5 Å². The number of anilines is 1. The lowest BCUT2D eigenvalue weighted by Gasteiger charge is -2.30. The molecule has 1 amide bonds. The molecular weight excluding hydrogens is 432 g/mol. The first kappa shape index (κ1) is 19.2. The van der Waals surface area contributed by atoms with Gasteiger partial charge in [-0.2, -0.15) is 8.82 Å². The molecule has 2 aliphatic rings. The molecule has 1 saturated heterocycles. The standard InChI is InChI=1S/C17H18N6O5S2/c24-15(19-16-21-23-10-18-20-17(23)29-16)11-3-5-22(6-4-11)30(25,26)12-1-2-13-14(9-12)28-8-7-27-13/h1-2,9-11H,3-8H2,(H,19,21,24). The largest absolute Gasteiger partial charge is 0.486 e. The van der Waals surface area contributed by atoms with E-state index in [4.69, 9.17) is 9.47 Å². The maximum absolute atomic E-state index is 13.0. The van der Waals surface area contributed by atoms with E-state index in [1.807, 2.05) is 0 Å². The number of hydrogen-bond donors (Lipinski definition) is 1. The summed E-state index contributed by atoms with van der Waals surface area (Å²) in [7, 11) is -3.68. The molecule has 30 heavy (non-hydrogen) atoms. The summed E-state index contributed by atoms with van der Waals surface area (Å²) >= 11 is 1.23. The first-order chi connectivity index (χ1) is 14.5. The van der Waals surface area contributed by atoms with Crippen LogP contribution >= 0.6 is 11.3 Å². The first-order valence-corrected chi connectivity index (χ1v) is 11.6. The number of fused-ring (bicyclic) bond motifs is 2. The van der Waals surface area contributed by atoms with Crippen LogP contribution in [0.2, 0.25) is 0 Å². The molecule has 4 heterocycles. The van der Waals surface area contributed by atoms with Crippen LogP contribution in [0, 0.1) is 5.92 Å². The van der Waals surface area contributed by atoms with Gasteiger partial charge in [-0.25, -0.2) is 8.42 Å². The average Bonchev–Trinajstić information content (AvgIpc) is 3.35. The second-order valence-corrected chi connectivity index (χ2v) is 9.83. The number of nitrogens with zero attached hydrogens (tertiary/aromatic N) is 5. The second-order valence-electron chi connectivity index (χ2n) is 6.94. The van der Waals surface area contributed by atoms with E-state index in [-0.39, 0.29) is 29.8 Å². The number of sulfonamides is 1. The van der Waals surface area contributed by atoms with Gasteiger partial charge in [0.2, 0.25) is 26.0 Å². The summed E-state index contributed by atoms with van der Waals surface area (Å²) in [5.41, 5.74) is 0. The van der Waals surface area contributed by atoms with E-state index in [1.54, 1.807) is 6.07 Å². The van der Waals surface area contributed by atoms with Gasteiger partial charge in [-0.05, 0) is 25.0 Å². The lowest BCUT2D eigenvalue weighted by molar-refractivity contribution is -0.120. The molecule has 0 unspecified atom stereocenters. The van der Waals surface area contributed by atoms with Crippen molar-refractivity contribution in [2.45, 2.75) is 17.7 Å². The van der Waals surface area contributed by atoms with Crippen LogP contribution in [0.25, 0.3) is 4.96 Å². The molecule has 0 spiro atoms. The molecule has 0 atom stereocenters. The van der Waals surface area contributed by atoms with Crippen LogP contribution in [-0.4, -0.2) is 64.7 Å². The molecular formula is C17H18N6O5S2. The minimum absolute atomic E-state index is 0.161. The van der Waals surface area contributed by atoms with Gasteiger partial charge in [-0.3, -0.25) is 4.79 Å². The molecule has 0 saturated carbocycles. The molecule has 1 N–H and O–H groups in total. The Morgan fingerprint density at radius 2 is 1.93 bits per heavy atom. The lowest BCUT2D eigenvalue weighted by Crippen LogP contribution is -2.41. The highest BCUT2D eigenvalue weighted by Crippen LogP contribution is 2.34. The first-order valence-electron chi connectivity index (χ1n) is 9.38. The van der Waals surface area contributed by atoms with Gasteiger partial charge < -0.3 is 14.8 Å². The van der Waals surface area contributed by atoms with Crippen LogP contribution in [0.3, 0.4) is 0 Å². The van der Waals surface area contributed by atoms with Crippen LogP contribution in [0.5, 0.6) is 11.5 Å². The zero-order valence-corrected chi connectivity index (χ0v) is 17.4. The number of ether oxygens (including phenoxy) is 2. The highest BCUT2D eigenvalue weighted by atomic mass is 32.2. The monoisotopic (exact) mass is 450 g/mol. The lowest BCUT2D eigenvalue weighted by atomic mass is 9.97. The highest BCUT2D eigenvalue weighted by Gasteiger charge is 2.33. The van der Waals surface area contributed by atoms with E-state index in [1.165, 1.54) is 38.6 Å². The zero-order valence-electron chi connectivity index (χ0n) is 15.7. The van der Waals surface area contributed by atoms with E-state index < -0.39 is 10.0 Å². The summed E-state index contributed by atoms with van der Waals surface area (Å²) in [6, 6.07) is 4.63. The average molecular weight is 451 g/mol. The molecule has 5 rings (SSSR count). The van der Waals surface area contributed by atoms with Crippen molar-refractivity contribution >= 4 is 37.4 Å². The molecule has 2 aliphatic heterocycles. The van der Waals surface area contributed by atoms with Crippen molar-refractivity contribution in [3.63, 3.8) is 0 Å². The number of aromatic nitrogens is 4. The minimum Gasteiger partial charge on any atom is -0.486 e. The van der Waals surface area contributed by atoms with E-state index in [2.05, 4.69) is 20.6 Å². The quantitative estimate of drug-likeness (QED) is 0.623. The van der Waals surface area contributed by atoms with Gasteiger partial charge in [0.1, 0.15) is 19.5 Å². The van der Waals surface area contributed by atoms with Gasteiger partial charge >= 0.3 is 0 Å². The van der Waals surface area contributed by atoms with E-state index in [0.29, 0.717) is 47.6 Å². The third-order valence-corrected chi connectivity index (χ3v) is 7.82. The number of carbonyl (C=O) groups excluding carboxylic acids is 1. The minimum atomic E-state index is -3.68. The molecule has 2 aromatic heterocycles. The van der Waals surface area contributed by atoms with Crippen LogP contribution in [0.15, 0.2) is 29.4 Å². The summed E-state index contributed by atoms with van der Waals surface area (Å²) in [5, 5.41) is 15.0. The summed E-state index contributed by atoms with van der Waals surface area (Å²) < 4.78 is 39.9. The fourth-order valence-corrected chi connectivity index (χ4v) is 5.72. The van der Waals surface area contributed by atoms with Crippen LogP contribution in [0.4, 0.5) is 5.13 Å². The normalized spacial score (nSPS) is 17.9. The summed E-state index contributed by atoms with van der Waals surface area (Å²) in [4.78, 5) is 13.3. The Morgan fingerprint density at radius 3 is 2.70 bits per heavy atom. The molecule has 13 heteroatoms. The Labute approximate surface area is 175 Å². The Kier molecular flexibility index (Phi) is 4.79. The van der Waals surface area contributed by atoms with Gasteiger partial charge in [0.25, 0.3) is 0 Å². The fourth-order valence-electron chi connectivity index (χ4n) is 3.51. The maximum Gasteiger partial charge on any atom is 0.243 e. The number of carbonyl (C=O) groups is 1. The van der Waals surface area contributed by atoms with E-state index in [0.717, 1.165) is 0 Å². The smallest absolute Gasteiger partial charge is 0.243 e. The van der Waals surface area contributed by atoms with Gasteiger partial charge in [-0.1, -0.05) is 11.3 Å². The fraction of sp³-hybridized carbons (Fsp3) is 0.412. The molecule has 1 fully saturated rings. The van der Waals surface area contributed by atoms with Crippen molar-refractivity contribution in [3.8, 4) is 11.5 Å². The van der Waals surface area contributed by atoms with Crippen LogP contribution < -0.4 is 14.8 Å². The number of nitrogens with one attached hydrogen (secondary N) is 1. The molecule has 11 nitrogen and oxygen atoms in total. The topological polar surface area (TPSA) is 128 Å². The van der Waals surface area contributed by atoms with Crippen LogP contribution in [-0.2, 0) is 14.8 Å². The Balaban J connectivity index is 1.23. The molecule has 158 valence electrons. The molecule has 0 radical (unpaired) electrons. The van der Waals surface area contributed by atoms with Crippen molar-refractivity contribution in [2.75, 3.05) is 31.6 Å². The second kappa shape index (κ2) is 7.49. The maximum atomic E-state index is 13.0. The van der Waals surface area contributed by atoms with Gasteiger partial charge in [0, 0.05) is 25.1 Å². The summed E-state index contributed by atoms with van der Waals surface area (Å²) in [6.07, 6.45) is 2.32. The predicted molar refractivity (Wildman–Crippen MR) is 106 cm³/mol. The van der Waals surface area contributed by atoms with E-state index in [9.17, 15) is 13.2 Å². The highest BCUT2D eigenvalue weighted by molar-refractivity contribution is 7.89. The molecule has 3 aromatic rings. The van der Waals surface area contributed by atoms with Crippen molar-refractivity contribution in [1.29, 1.82) is 0 Å². The van der Waals surface area contributed by atoms with Crippen molar-refractivity contribution < 1.29 is 22.7 Å². The van der Waals surface area contributed by atoms with Gasteiger partial charge in [0.05, 0.1) is 4.90 Å². The van der Waals surface area contributed by atoms with Crippen molar-refractivity contribution in [2.24, 2.45) is 5.92 Å². The molecule has 0 aliphatic carbocycles. The predicted octanol–water partition coefficient (Wildman–Crippen LogP) is 0.996. The zero-order chi connectivity index (χ0) is 20.7. The molecule has 1 aromatic carbocycles. The Morgan fingerprint density at radius 1 is 1.17 bits per heavy atom. The van der Waals surface area contributed by atoms with Gasteiger partial charge in [0.15, 0.2) is 11.5 Å². The SMILES string of the molecule is O=C(Nc1nn2cnnc2s1)C1CCN(S(=O)(=O)c2ccc3c(c2)OCCO3)CC1. The third-order valence-electron chi connectivity index (χ3n) is 5.09. The van der Waals surface area contributed by atoms with E-state index >= 15 is 0 Å². The van der Waals surface area contributed by atoms with Gasteiger partial charge in [-0.15, -0.1) is 15.3 Å². The van der Waals surface area contributed by atoms with Crippen molar-refractivity contribution in [1.82, 2.24) is 24.1 Å². The Hall–Kier alpha value is -2.77.